The van der Waals surface area contributed by atoms with Crippen LogP contribution in [0.2, 0.25) is 5.02 Å². The van der Waals surface area contributed by atoms with E-state index in [0.717, 1.165) is 15.6 Å². The number of anilines is 1. The Bertz CT molecular complexity index is 783. The van der Waals surface area contributed by atoms with Crippen LogP contribution < -0.4 is 5.73 Å². The van der Waals surface area contributed by atoms with E-state index in [1.807, 2.05) is 28.8 Å². The molecule has 1 aromatic heterocycles. The largest absolute Gasteiger partial charge is 0.369 e. The van der Waals surface area contributed by atoms with Crippen LogP contribution in [-0.4, -0.2) is 9.55 Å². The minimum atomic E-state index is -0.493. The van der Waals surface area contributed by atoms with Crippen molar-refractivity contribution in [2.45, 2.75) is 6.54 Å². The predicted octanol–water partition coefficient (Wildman–Crippen LogP) is 4.22. The van der Waals surface area contributed by atoms with Gasteiger partial charge in [-0.05, 0) is 23.8 Å². The summed E-state index contributed by atoms with van der Waals surface area (Å²) in [6.07, 6.45) is 0. The molecule has 3 rings (SSSR count). The summed E-state index contributed by atoms with van der Waals surface area (Å²) in [5, 5.41) is 0.0643. The van der Waals surface area contributed by atoms with E-state index in [1.54, 1.807) is 6.07 Å². The lowest BCUT2D eigenvalue weighted by Crippen LogP contribution is -2.04. The number of nitrogens with two attached hydrogens (primary N) is 1. The minimum absolute atomic E-state index is 0.0643. The van der Waals surface area contributed by atoms with Crippen molar-refractivity contribution in [3.63, 3.8) is 0 Å². The molecule has 6 heteroatoms. The predicted molar refractivity (Wildman–Crippen MR) is 82.4 cm³/mol. The summed E-state index contributed by atoms with van der Waals surface area (Å²) in [5.74, 6) is -0.156. The van der Waals surface area contributed by atoms with Crippen LogP contribution in [0, 0.1) is 5.82 Å². The Hall–Kier alpha value is -1.59. The van der Waals surface area contributed by atoms with Crippen LogP contribution in [0.5, 0.6) is 0 Å². The molecule has 0 spiro atoms. The number of aromatic nitrogens is 2. The van der Waals surface area contributed by atoms with E-state index in [4.69, 9.17) is 17.3 Å². The Kier molecular flexibility index (Phi) is 3.40. The van der Waals surface area contributed by atoms with Gasteiger partial charge >= 0.3 is 0 Å². The maximum atomic E-state index is 13.4. The molecule has 20 heavy (non-hydrogen) atoms. The van der Waals surface area contributed by atoms with E-state index in [2.05, 4.69) is 20.9 Å². The zero-order chi connectivity index (χ0) is 14.3. The third-order valence-corrected chi connectivity index (χ3v) is 3.89. The molecule has 102 valence electrons. The van der Waals surface area contributed by atoms with Crippen LogP contribution >= 0.6 is 27.5 Å². The van der Waals surface area contributed by atoms with Crippen molar-refractivity contribution < 1.29 is 4.39 Å². The first kappa shape index (κ1) is 13.4. The number of hydrogen-bond acceptors (Lipinski definition) is 2. The van der Waals surface area contributed by atoms with Crippen LogP contribution in [0.3, 0.4) is 0 Å². The number of halogens is 3. The fourth-order valence-corrected chi connectivity index (χ4v) is 2.50. The van der Waals surface area contributed by atoms with E-state index in [9.17, 15) is 4.39 Å². The van der Waals surface area contributed by atoms with Gasteiger partial charge in [-0.25, -0.2) is 9.37 Å². The van der Waals surface area contributed by atoms with Crippen LogP contribution in [0.25, 0.3) is 11.0 Å². The van der Waals surface area contributed by atoms with Crippen molar-refractivity contribution in [2.24, 2.45) is 0 Å². The summed E-state index contributed by atoms with van der Waals surface area (Å²) in [7, 11) is 0. The lowest BCUT2D eigenvalue weighted by Gasteiger charge is -2.07. The minimum Gasteiger partial charge on any atom is -0.369 e. The van der Waals surface area contributed by atoms with Crippen LogP contribution in [0.1, 0.15) is 5.56 Å². The molecule has 0 amide bonds. The highest BCUT2D eigenvalue weighted by molar-refractivity contribution is 9.10. The van der Waals surface area contributed by atoms with Gasteiger partial charge in [0.1, 0.15) is 5.82 Å². The van der Waals surface area contributed by atoms with Gasteiger partial charge in [0.2, 0.25) is 5.95 Å². The lowest BCUT2D eigenvalue weighted by molar-refractivity contribution is 0.629. The average molecular weight is 355 g/mol. The molecule has 0 saturated carbocycles. The summed E-state index contributed by atoms with van der Waals surface area (Å²) in [4.78, 5) is 4.16. The van der Waals surface area contributed by atoms with Gasteiger partial charge in [-0.15, -0.1) is 0 Å². The quantitative estimate of drug-likeness (QED) is 0.749. The van der Waals surface area contributed by atoms with Crippen molar-refractivity contribution in [2.75, 3.05) is 5.73 Å². The first-order chi connectivity index (χ1) is 9.54. The second-order valence-electron chi connectivity index (χ2n) is 4.44. The van der Waals surface area contributed by atoms with E-state index in [1.165, 1.54) is 6.07 Å². The van der Waals surface area contributed by atoms with Gasteiger partial charge in [0.15, 0.2) is 0 Å². The fraction of sp³-hybridized carbons (Fsp3) is 0.0714. The molecule has 0 atom stereocenters. The number of nitrogens with zero attached hydrogens (tertiary/aromatic N) is 2. The molecule has 3 nitrogen and oxygen atoms in total. The first-order valence-corrected chi connectivity index (χ1v) is 7.07. The summed E-state index contributed by atoms with van der Waals surface area (Å²) in [6.45, 7) is 0.553. The summed E-state index contributed by atoms with van der Waals surface area (Å²) < 4.78 is 16.3. The van der Waals surface area contributed by atoms with Crippen LogP contribution in [0.15, 0.2) is 40.9 Å². The van der Waals surface area contributed by atoms with Crippen molar-refractivity contribution in [1.82, 2.24) is 9.55 Å². The van der Waals surface area contributed by atoms with Crippen molar-refractivity contribution in [3.05, 3.63) is 57.3 Å². The SMILES string of the molecule is Nc1nc2cc(F)c(Cl)cc2n1Cc1ccc(Br)cc1. The molecule has 1 heterocycles. The average Bonchev–Trinajstić information content (AvgIpc) is 2.69. The van der Waals surface area contributed by atoms with Gasteiger partial charge in [-0.2, -0.15) is 0 Å². The van der Waals surface area contributed by atoms with E-state index in [-0.39, 0.29) is 5.02 Å². The molecule has 0 saturated heterocycles. The van der Waals surface area contributed by atoms with Gasteiger partial charge in [0.05, 0.1) is 22.6 Å². The molecule has 0 aliphatic rings. The third-order valence-electron chi connectivity index (χ3n) is 3.07. The van der Waals surface area contributed by atoms with E-state index >= 15 is 0 Å². The highest BCUT2D eigenvalue weighted by atomic mass is 79.9. The van der Waals surface area contributed by atoms with E-state index in [0.29, 0.717) is 18.0 Å². The van der Waals surface area contributed by atoms with Gasteiger partial charge in [0.25, 0.3) is 0 Å². The highest BCUT2D eigenvalue weighted by Crippen LogP contribution is 2.25. The van der Waals surface area contributed by atoms with Crippen molar-refractivity contribution in [1.29, 1.82) is 0 Å². The zero-order valence-corrected chi connectivity index (χ0v) is 12.6. The fourth-order valence-electron chi connectivity index (χ4n) is 2.08. The topological polar surface area (TPSA) is 43.8 Å². The molecule has 0 aliphatic carbocycles. The Balaban J connectivity index is 2.08. The van der Waals surface area contributed by atoms with Gasteiger partial charge < -0.3 is 10.3 Å². The molecule has 2 aromatic carbocycles. The number of nitrogen functional groups attached to an aromatic ring is 1. The zero-order valence-electron chi connectivity index (χ0n) is 10.3. The molecule has 0 fully saturated rings. The van der Waals surface area contributed by atoms with Crippen molar-refractivity contribution >= 4 is 44.5 Å². The lowest BCUT2D eigenvalue weighted by atomic mass is 10.2. The first-order valence-electron chi connectivity index (χ1n) is 5.90. The maximum absolute atomic E-state index is 13.4. The molecule has 0 radical (unpaired) electrons. The Labute approximate surface area is 128 Å². The number of fused-ring (bicyclic) bond motifs is 1. The number of rotatable bonds is 2. The molecular weight excluding hydrogens is 345 g/mol. The second-order valence-corrected chi connectivity index (χ2v) is 5.76. The van der Waals surface area contributed by atoms with E-state index < -0.39 is 5.82 Å². The highest BCUT2D eigenvalue weighted by Gasteiger charge is 2.12. The number of benzene rings is 2. The molecular formula is C14H10BrClFN3. The molecule has 2 N–H and O–H groups in total. The summed E-state index contributed by atoms with van der Waals surface area (Å²) in [5.41, 5.74) is 8.20. The summed E-state index contributed by atoms with van der Waals surface area (Å²) in [6, 6.07) is 10.7. The molecule has 0 bridgehead atoms. The van der Waals surface area contributed by atoms with Crippen molar-refractivity contribution in [3.8, 4) is 0 Å². The maximum Gasteiger partial charge on any atom is 0.201 e. The molecule has 0 aliphatic heterocycles. The Morgan fingerprint density at radius 2 is 1.95 bits per heavy atom. The Morgan fingerprint density at radius 3 is 2.65 bits per heavy atom. The van der Waals surface area contributed by atoms with Gasteiger partial charge in [-0.1, -0.05) is 39.7 Å². The molecule has 3 aromatic rings. The van der Waals surface area contributed by atoms with Crippen LogP contribution in [-0.2, 0) is 6.54 Å². The Morgan fingerprint density at radius 1 is 1.25 bits per heavy atom. The summed E-state index contributed by atoms with van der Waals surface area (Å²) >= 11 is 9.22. The molecule has 0 unspecified atom stereocenters. The number of imidazole rings is 1. The smallest absolute Gasteiger partial charge is 0.201 e. The standard InChI is InChI=1S/C14H10BrClFN3/c15-9-3-1-8(2-4-9)7-20-13-5-10(16)11(17)6-12(13)19-14(20)18/h1-6H,7H2,(H2,18,19). The third kappa shape index (κ3) is 2.39. The second kappa shape index (κ2) is 5.07. The normalized spacial score (nSPS) is 11.2. The van der Waals surface area contributed by atoms with Crippen LogP contribution in [0.4, 0.5) is 10.3 Å². The number of hydrogen-bond donors (Lipinski definition) is 1. The van der Waals surface area contributed by atoms with Gasteiger partial charge in [0, 0.05) is 10.5 Å². The monoisotopic (exact) mass is 353 g/mol. The van der Waals surface area contributed by atoms with Gasteiger partial charge in [-0.3, -0.25) is 0 Å².